The van der Waals surface area contributed by atoms with Crippen LogP contribution in [0.15, 0.2) is 53.0 Å². The Hall–Kier alpha value is -1.28. The molecule has 0 aliphatic rings. The zero-order valence-corrected chi connectivity index (χ0v) is 13.1. The Morgan fingerprint density at radius 2 is 1.68 bits per heavy atom. The van der Waals surface area contributed by atoms with Crippen LogP contribution in [0.3, 0.4) is 0 Å². The van der Waals surface area contributed by atoms with Gasteiger partial charge in [-0.25, -0.2) is 0 Å². The molecule has 0 amide bonds. The first-order valence-corrected chi connectivity index (χ1v) is 7.50. The molecule has 0 spiro atoms. The molecule has 0 aromatic heterocycles. The number of rotatable bonds is 5. The molecular weight excluding hydrogens is 298 g/mol. The van der Waals surface area contributed by atoms with E-state index in [2.05, 4.69) is 71.5 Å². The second-order valence-electron chi connectivity index (χ2n) is 5.28. The average Bonchev–Trinajstić information content (AvgIpc) is 2.37. The normalized spacial score (nSPS) is 10.7. The quantitative estimate of drug-likeness (QED) is 0.793. The molecule has 2 aromatic rings. The average molecular weight is 318 g/mol. The van der Waals surface area contributed by atoms with Crippen LogP contribution in [0.1, 0.15) is 25.0 Å². The van der Waals surface area contributed by atoms with Gasteiger partial charge in [-0.15, -0.1) is 0 Å². The first-order chi connectivity index (χ1) is 9.13. The fourth-order valence-electron chi connectivity index (χ4n) is 2.07. The van der Waals surface area contributed by atoms with Crippen molar-refractivity contribution >= 4 is 21.6 Å². The van der Waals surface area contributed by atoms with E-state index < -0.39 is 0 Å². The van der Waals surface area contributed by atoms with Crippen molar-refractivity contribution in [1.82, 2.24) is 0 Å². The minimum Gasteiger partial charge on any atom is -0.381 e. The molecule has 19 heavy (non-hydrogen) atoms. The standard InChI is InChI=1S/C17H20BrN/c1-13(2)10-14-6-8-15(9-7-14)12-19-17-5-3-4-16(18)11-17/h3-9,11,13,19H,10,12H2,1-2H3. The summed E-state index contributed by atoms with van der Waals surface area (Å²) in [5.41, 5.74) is 3.87. The molecule has 0 aliphatic carbocycles. The first-order valence-electron chi connectivity index (χ1n) is 6.71. The van der Waals surface area contributed by atoms with Crippen LogP contribution in [-0.4, -0.2) is 0 Å². The van der Waals surface area contributed by atoms with Crippen LogP contribution in [0.5, 0.6) is 0 Å². The van der Waals surface area contributed by atoms with Crippen molar-refractivity contribution in [2.24, 2.45) is 5.92 Å². The van der Waals surface area contributed by atoms with Crippen molar-refractivity contribution in [2.75, 3.05) is 5.32 Å². The molecule has 0 atom stereocenters. The zero-order valence-electron chi connectivity index (χ0n) is 11.5. The third-order valence-electron chi connectivity index (χ3n) is 2.99. The van der Waals surface area contributed by atoms with Crippen molar-refractivity contribution in [3.05, 3.63) is 64.1 Å². The van der Waals surface area contributed by atoms with Crippen LogP contribution in [0.25, 0.3) is 0 Å². The highest BCUT2D eigenvalue weighted by atomic mass is 79.9. The van der Waals surface area contributed by atoms with Gasteiger partial charge in [0, 0.05) is 16.7 Å². The maximum absolute atomic E-state index is 3.48. The summed E-state index contributed by atoms with van der Waals surface area (Å²) in [7, 11) is 0. The second kappa shape index (κ2) is 6.76. The summed E-state index contributed by atoms with van der Waals surface area (Å²) < 4.78 is 1.10. The van der Waals surface area contributed by atoms with E-state index in [-0.39, 0.29) is 0 Å². The Bertz CT molecular complexity index is 517. The molecule has 2 rings (SSSR count). The largest absolute Gasteiger partial charge is 0.381 e. The lowest BCUT2D eigenvalue weighted by Crippen LogP contribution is -2.00. The summed E-state index contributed by atoms with van der Waals surface area (Å²) in [4.78, 5) is 0. The van der Waals surface area contributed by atoms with E-state index in [0.717, 1.165) is 23.1 Å². The van der Waals surface area contributed by atoms with Crippen LogP contribution in [0.4, 0.5) is 5.69 Å². The van der Waals surface area contributed by atoms with Gasteiger partial charge >= 0.3 is 0 Å². The van der Waals surface area contributed by atoms with E-state index in [1.54, 1.807) is 0 Å². The van der Waals surface area contributed by atoms with E-state index in [1.807, 2.05) is 12.1 Å². The summed E-state index contributed by atoms with van der Waals surface area (Å²) in [6, 6.07) is 17.1. The molecule has 0 bridgehead atoms. The third kappa shape index (κ3) is 4.71. The van der Waals surface area contributed by atoms with Gasteiger partial charge in [-0.05, 0) is 41.7 Å². The highest BCUT2D eigenvalue weighted by Gasteiger charge is 1.99. The van der Waals surface area contributed by atoms with E-state index in [1.165, 1.54) is 11.1 Å². The summed E-state index contributed by atoms with van der Waals surface area (Å²) in [6.07, 6.45) is 1.15. The Labute approximate surface area is 124 Å². The molecule has 0 saturated carbocycles. The third-order valence-corrected chi connectivity index (χ3v) is 3.48. The summed E-state index contributed by atoms with van der Waals surface area (Å²) in [5, 5.41) is 3.43. The fraction of sp³-hybridized carbons (Fsp3) is 0.294. The summed E-state index contributed by atoms with van der Waals surface area (Å²) in [6.45, 7) is 5.36. The van der Waals surface area contributed by atoms with E-state index >= 15 is 0 Å². The topological polar surface area (TPSA) is 12.0 Å². The molecule has 0 radical (unpaired) electrons. The molecule has 0 heterocycles. The van der Waals surface area contributed by atoms with Gasteiger partial charge in [-0.1, -0.05) is 60.1 Å². The second-order valence-corrected chi connectivity index (χ2v) is 6.19. The van der Waals surface area contributed by atoms with Gasteiger partial charge in [-0.3, -0.25) is 0 Å². The van der Waals surface area contributed by atoms with Crippen LogP contribution in [0.2, 0.25) is 0 Å². The molecule has 0 saturated heterocycles. The predicted molar refractivity (Wildman–Crippen MR) is 86.5 cm³/mol. The van der Waals surface area contributed by atoms with Crippen LogP contribution < -0.4 is 5.32 Å². The van der Waals surface area contributed by atoms with Crippen molar-refractivity contribution < 1.29 is 0 Å². The maximum Gasteiger partial charge on any atom is 0.0400 e. The zero-order chi connectivity index (χ0) is 13.7. The van der Waals surface area contributed by atoms with Crippen LogP contribution in [-0.2, 0) is 13.0 Å². The number of benzene rings is 2. The fourth-order valence-corrected chi connectivity index (χ4v) is 2.47. The number of anilines is 1. The van der Waals surface area contributed by atoms with Crippen molar-refractivity contribution in [3.63, 3.8) is 0 Å². The van der Waals surface area contributed by atoms with Gasteiger partial charge in [0.2, 0.25) is 0 Å². The lowest BCUT2D eigenvalue weighted by molar-refractivity contribution is 0.647. The number of nitrogens with one attached hydrogen (secondary N) is 1. The van der Waals surface area contributed by atoms with Gasteiger partial charge in [0.15, 0.2) is 0 Å². The monoisotopic (exact) mass is 317 g/mol. The number of halogens is 1. The molecular formula is C17H20BrN. The van der Waals surface area contributed by atoms with Crippen molar-refractivity contribution in [2.45, 2.75) is 26.8 Å². The van der Waals surface area contributed by atoms with Gasteiger partial charge in [-0.2, -0.15) is 0 Å². The minimum absolute atomic E-state index is 0.714. The Morgan fingerprint density at radius 1 is 1.00 bits per heavy atom. The van der Waals surface area contributed by atoms with Gasteiger partial charge in [0.1, 0.15) is 0 Å². The molecule has 1 nitrogen and oxygen atoms in total. The van der Waals surface area contributed by atoms with Gasteiger partial charge in [0.25, 0.3) is 0 Å². The van der Waals surface area contributed by atoms with Crippen LogP contribution in [0, 0.1) is 5.92 Å². The predicted octanol–water partition coefficient (Wildman–Crippen LogP) is 5.26. The molecule has 0 aliphatic heterocycles. The Kier molecular flexibility index (Phi) is 5.03. The molecule has 100 valence electrons. The molecule has 0 fully saturated rings. The number of hydrogen-bond acceptors (Lipinski definition) is 1. The van der Waals surface area contributed by atoms with Crippen molar-refractivity contribution in [1.29, 1.82) is 0 Å². The van der Waals surface area contributed by atoms with Crippen molar-refractivity contribution in [3.8, 4) is 0 Å². The molecule has 0 unspecified atom stereocenters. The van der Waals surface area contributed by atoms with E-state index in [4.69, 9.17) is 0 Å². The highest BCUT2D eigenvalue weighted by Crippen LogP contribution is 2.17. The Morgan fingerprint density at radius 3 is 2.32 bits per heavy atom. The minimum atomic E-state index is 0.714. The molecule has 1 N–H and O–H groups in total. The van der Waals surface area contributed by atoms with Crippen LogP contribution >= 0.6 is 15.9 Å². The maximum atomic E-state index is 3.48. The lowest BCUT2D eigenvalue weighted by atomic mass is 10.0. The SMILES string of the molecule is CC(C)Cc1ccc(CNc2cccc(Br)c2)cc1. The smallest absolute Gasteiger partial charge is 0.0400 e. The lowest BCUT2D eigenvalue weighted by Gasteiger charge is -2.09. The van der Waals surface area contributed by atoms with Gasteiger partial charge < -0.3 is 5.32 Å². The van der Waals surface area contributed by atoms with E-state index in [9.17, 15) is 0 Å². The first kappa shape index (κ1) is 14.1. The number of hydrogen-bond donors (Lipinski definition) is 1. The molecule has 2 heteroatoms. The van der Waals surface area contributed by atoms with Gasteiger partial charge in [0.05, 0.1) is 0 Å². The highest BCUT2D eigenvalue weighted by molar-refractivity contribution is 9.10. The van der Waals surface area contributed by atoms with E-state index in [0.29, 0.717) is 5.92 Å². The summed E-state index contributed by atoms with van der Waals surface area (Å²) in [5.74, 6) is 0.714. The Balaban J connectivity index is 1.93. The summed E-state index contributed by atoms with van der Waals surface area (Å²) >= 11 is 3.48. The molecule has 2 aromatic carbocycles.